The maximum atomic E-state index is 11.5. The van der Waals surface area contributed by atoms with Gasteiger partial charge in [0.1, 0.15) is 5.78 Å². The zero-order valence-electron chi connectivity index (χ0n) is 12.8. The molecular formula is C20H17NOS. The predicted molar refractivity (Wildman–Crippen MR) is 94.7 cm³/mol. The van der Waals surface area contributed by atoms with Gasteiger partial charge in [-0.15, -0.1) is 11.3 Å². The van der Waals surface area contributed by atoms with Gasteiger partial charge < -0.3 is 0 Å². The molecule has 2 aromatic carbocycles. The van der Waals surface area contributed by atoms with Gasteiger partial charge in [0.25, 0.3) is 0 Å². The summed E-state index contributed by atoms with van der Waals surface area (Å²) in [7, 11) is 0. The van der Waals surface area contributed by atoms with E-state index in [0.29, 0.717) is 24.5 Å². The Labute approximate surface area is 139 Å². The van der Waals surface area contributed by atoms with Crippen LogP contribution in [-0.2, 0) is 4.79 Å². The first-order valence-electron chi connectivity index (χ1n) is 8.07. The molecule has 0 bridgehead atoms. The largest absolute Gasteiger partial charge is 0.300 e. The average molecular weight is 319 g/mol. The van der Waals surface area contributed by atoms with Crippen molar-refractivity contribution in [2.24, 2.45) is 5.92 Å². The number of fused-ring (bicyclic) bond motifs is 3. The van der Waals surface area contributed by atoms with Crippen molar-refractivity contribution in [3.05, 3.63) is 48.0 Å². The topological polar surface area (TPSA) is 40.9 Å². The van der Waals surface area contributed by atoms with E-state index in [1.165, 1.54) is 20.2 Å². The molecule has 1 aromatic heterocycles. The molecular weight excluding hydrogens is 302 g/mol. The summed E-state index contributed by atoms with van der Waals surface area (Å²) in [5.74, 6) is 0.613. The average Bonchev–Trinajstić information content (AvgIpc) is 3.15. The summed E-state index contributed by atoms with van der Waals surface area (Å²) in [6.45, 7) is 0. The number of rotatable bonds is 3. The summed E-state index contributed by atoms with van der Waals surface area (Å²) in [6, 6.07) is 17.3. The van der Waals surface area contributed by atoms with E-state index in [-0.39, 0.29) is 5.92 Å². The van der Waals surface area contributed by atoms with Crippen LogP contribution in [0, 0.1) is 17.2 Å². The molecule has 0 N–H and O–H groups in total. The lowest BCUT2D eigenvalue weighted by molar-refractivity contribution is -0.117. The maximum Gasteiger partial charge on any atom is 0.133 e. The Morgan fingerprint density at radius 1 is 1.17 bits per heavy atom. The highest BCUT2D eigenvalue weighted by molar-refractivity contribution is 7.25. The fourth-order valence-corrected chi connectivity index (χ4v) is 4.74. The molecule has 2 nitrogen and oxygen atoms in total. The summed E-state index contributed by atoms with van der Waals surface area (Å²) in [4.78, 5) is 11.5. The van der Waals surface area contributed by atoms with E-state index >= 15 is 0 Å². The third kappa shape index (κ3) is 2.64. The van der Waals surface area contributed by atoms with Crippen LogP contribution in [0.1, 0.15) is 37.2 Å². The molecule has 0 radical (unpaired) electrons. The number of nitrogens with zero attached hydrogens (tertiary/aromatic N) is 1. The molecule has 114 valence electrons. The zero-order chi connectivity index (χ0) is 15.8. The lowest BCUT2D eigenvalue weighted by Crippen LogP contribution is -2.04. The van der Waals surface area contributed by atoms with Gasteiger partial charge in [0.2, 0.25) is 0 Å². The minimum atomic E-state index is -0.117. The lowest BCUT2D eigenvalue weighted by atomic mass is 9.88. The second-order valence-corrected chi connectivity index (χ2v) is 7.50. The molecule has 3 heteroatoms. The van der Waals surface area contributed by atoms with Gasteiger partial charge in [-0.25, -0.2) is 0 Å². The number of Topliss-reactive ketones (excluding diaryl/α,β-unsaturated/α-hetero) is 1. The van der Waals surface area contributed by atoms with Crippen molar-refractivity contribution in [3.63, 3.8) is 0 Å². The van der Waals surface area contributed by atoms with Crippen molar-refractivity contribution in [1.29, 1.82) is 5.26 Å². The summed E-state index contributed by atoms with van der Waals surface area (Å²) in [5, 5.41) is 12.1. The summed E-state index contributed by atoms with van der Waals surface area (Å²) in [5.41, 5.74) is 1.09. The summed E-state index contributed by atoms with van der Waals surface area (Å²) < 4.78 is 2.55. The first-order chi connectivity index (χ1) is 11.2. The molecule has 0 amide bonds. The standard InChI is InChI=1S/C20H17NOS/c21-12-15(9-13-5-7-16(22)10-13)14-6-8-20-18(11-14)17-3-1-2-4-19(17)23-20/h1-4,6,8,11,13,15H,5,7,9-10H2. The Balaban J connectivity index is 1.70. The normalized spacial score (nSPS) is 19.3. The van der Waals surface area contributed by atoms with Crippen LogP contribution >= 0.6 is 11.3 Å². The van der Waals surface area contributed by atoms with E-state index in [2.05, 4.69) is 48.5 Å². The highest BCUT2D eigenvalue weighted by Crippen LogP contribution is 2.37. The first-order valence-corrected chi connectivity index (χ1v) is 8.89. The minimum Gasteiger partial charge on any atom is -0.300 e. The predicted octanol–water partition coefficient (Wildman–Crippen LogP) is 5.42. The number of ketones is 1. The Morgan fingerprint density at radius 3 is 2.78 bits per heavy atom. The van der Waals surface area contributed by atoms with Crippen LogP contribution in [0.5, 0.6) is 0 Å². The number of carbonyl (C=O) groups excluding carboxylic acids is 1. The van der Waals surface area contributed by atoms with Crippen LogP contribution in [0.2, 0.25) is 0 Å². The monoisotopic (exact) mass is 319 g/mol. The molecule has 4 rings (SSSR count). The quantitative estimate of drug-likeness (QED) is 0.646. The van der Waals surface area contributed by atoms with Crippen LogP contribution in [0.4, 0.5) is 0 Å². The van der Waals surface area contributed by atoms with Crippen LogP contribution in [0.3, 0.4) is 0 Å². The Hall–Kier alpha value is -2.18. The maximum absolute atomic E-state index is 11.5. The zero-order valence-corrected chi connectivity index (χ0v) is 13.6. The fraction of sp³-hybridized carbons (Fsp3) is 0.300. The Morgan fingerprint density at radius 2 is 2.00 bits per heavy atom. The molecule has 2 atom stereocenters. The fourth-order valence-electron chi connectivity index (χ4n) is 3.65. The van der Waals surface area contributed by atoms with Gasteiger partial charge in [0.15, 0.2) is 0 Å². The second-order valence-electron chi connectivity index (χ2n) is 6.42. The molecule has 23 heavy (non-hydrogen) atoms. The molecule has 3 aromatic rings. The van der Waals surface area contributed by atoms with Crippen molar-refractivity contribution in [1.82, 2.24) is 0 Å². The van der Waals surface area contributed by atoms with Crippen molar-refractivity contribution < 1.29 is 4.79 Å². The molecule has 1 heterocycles. The van der Waals surface area contributed by atoms with Crippen molar-refractivity contribution >= 4 is 37.3 Å². The van der Waals surface area contributed by atoms with E-state index in [0.717, 1.165) is 18.4 Å². The van der Waals surface area contributed by atoms with E-state index in [1.807, 2.05) is 0 Å². The second kappa shape index (κ2) is 5.79. The van der Waals surface area contributed by atoms with E-state index in [4.69, 9.17) is 0 Å². The van der Waals surface area contributed by atoms with Crippen LogP contribution < -0.4 is 0 Å². The summed E-state index contributed by atoms with van der Waals surface area (Å²) in [6.07, 6.45) is 3.09. The molecule has 1 saturated carbocycles. The van der Waals surface area contributed by atoms with Gasteiger partial charge in [0, 0.05) is 33.0 Å². The van der Waals surface area contributed by atoms with Crippen LogP contribution in [0.25, 0.3) is 20.2 Å². The highest BCUT2D eigenvalue weighted by atomic mass is 32.1. The smallest absolute Gasteiger partial charge is 0.133 e. The van der Waals surface area contributed by atoms with Gasteiger partial charge in [-0.1, -0.05) is 24.3 Å². The number of hydrogen-bond acceptors (Lipinski definition) is 3. The van der Waals surface area contributed by atoms with Crippen LogP contribution in [-0.4, -0.2) is 5.78 Å². The molecule has 0 saturated heterocycles. The summed E-state index contributed by atoms with van der Waals surface area (Å²) >= 11 is 1.80. The SMILES string of the molecule is N#CC(CC1CCC(=O)C1)c1ccc2sc3ccccc3c2c1. The molecule has 1 aliphatic carbocycles. The number of thiophene rings is 1. The van der Waals surface area contributed by atoms with Gasteiger partial charge in [0.05, 0.1) is 12.0 Å². The Bertz CT molecular complexity index is 934. The first kappa shape index (κ1) is 14.4. The van der Waals surface area contributed by atoms with E-state index < -0.39 is 0 Å². The van der Waals surface area contributed by atoms with Gasteiger partial charge in [-0.05, 0) is 42.5 Å². The number of benzene rings is 2. The Kier molecular flexibility index (Phi) is 3.63. The molecule has 0 aliphatic heterocycles. The highest BCUT2D eigenvalue weighted by Gasteiger charge is 2.26. The van der Waals surface area contributed by atoms with Crippen molar-refractivity contribution in [2.75, 3.05) is 0 Å². The third-order valence-electron chi connectivity index (χ3n) is 4.88. The van der Waals surface area contributed by atoms with E-state index in [9.17, 15) is 10.1 Å². The molecule has 2 unspecified atom stereocenters. The number of carbonyl (C=O) groups is 1. The van der Waals surface area contributed by atoms with Gasteiger partial charge >= 0.3 is 0 Å². The lowest BCUT2D eigenvalue weighted by Gasteiger charge is -2.14. The van der Waals surface area contributed by atoms with Gasteiger partial charge in [-0.3, -0.25) is 4.79 Å². The van der Waals surface area contributed by atoms with Crippen LogP contribution in [0.15, 0.2) is 42.5 Å². The van der Waals surface area contributed by atoms with E-state index in [1.54, 1.807) is 11.3 Å². The molecule has 1 aliphatic rings. The van der Waals surface area contributed by atoms with Crippen molar-refractivity contribution in [3.8, 4) is 6.07 Å². The van der Waals surface area contributed by atoms with Gasteiger partial charge in [-0.2, -0.15) is 5.26 Å². The third-order valence-corrected chi connectivity index (χ3v) is 6.03. The minimum absolute atomic E-state index is 0.117. The molecule has 0 spiro atoms. The number of nitriles is 1. The number of hydrogen-bond donors (Lipinski definition) is 0. The molecule has 1 fully saturated rings. The van der Waals surface area contributed by atoms with Crippen molar-refractivity contribution in [2.45, 2.75) is 31.6 Å².